The molecule has 6 nitrogen and oxygen atoms in total. The van der Waals surface area contributed by atoms with Gasteiger partial charge in [0, 0.05) is 17.1 Å². The Labute approximate surface area is 136 Å². The van der Waals surface area contributed by atoms with E-state index in [-0.39, 0.29) is 5.69 Å². The van der Waals surface area contributed by atoms with E-state index in [1.165, 1.54) is 6.07 Å². The number of para-hydroxylation sites is 2. The van der Waals surface area contributed by atoms with Crippen LogP contribution in [-0.2, 0) is 0 Å². The van der Waals surface area contributed by atoms with Crippen LogP contribution >= 0.6 is 15.9 Å². The zero-order chi connectivity index (χ0) is 15.9. The second kappa shape index (κ2) is 7.65. The zero-order valence-corrected chi connectivity index (χ0v) is 13.5. The third kappa shape index (κ3) is 4.11. The van der Waals surface area contributed by atoms with Crippen molar-refractivity contribution in [1.82, 2.24) is 0 Å². The van der Waals surface area contributed by atoms with Crippen LogP contribution in [0.4, 0.5) is 11.4 Å². The summed E-state index contributed by atoms with van der Waals surface area (Å²) < 4.78 is 11.5. The summed E-state index contributed by atoms with van der Waals surface area (Å²) in [6, 6.07) is 12.2. The Hall–Kier alpha value is -2.28. The average Bonchev–Trinajstić information content (AvgIpc) is 2.52. The molecule has 0 atom stereocenters. The molecule has 0 aliphatic carbocycles. The summed E-state index contributed by atoms with van der Waals surface area (Å²) >= 11 is 3.22. The Morgan fingerprint density at radius 3 is 2.64 bits per heavy atom. The third-order valence-corrected chi connectivity index (χ3v) is 3.39. The maximum atomic E-state index is 11.0. The summed E-state index contributed by atoms with van der Waals surface area (Å²) in [6.45, 7) is 0.786. The van der Waals surface area contributed by atoms with E-state index in [0.717, 1.165) is 0 Å². The van der Waals surface area contributed by atoms with Gasteiger partial charge in [-0.05, 0) is 24.3 Å². The molecule has 0 saturated heterocycles. The van der Waals surface area contributed by atoms with Crippen LogP contribution in [0.5, 0.6) is 11.5 Å². The van der Waals surface area contributed by atoms with Crippen molar-refractivity contribution in [2.45, 2.75) is 0 Å². The topological polar surface area (TPSA) is 73.6 Å². The van der Waals surface area contributed by atoms with Crippen LogP contribution in [0, 0.1) is 10.1 Å². The van der Waals surface area contributed by atoms with Crippen molar-refractivity contribution in [3.05, 3.63) is 57.1 Å². The Balaban J connectivity index is 1.93. The molecule has 0 saturated carbocycles. The van der Waals surface area contributed by atoms with Crippen LogP contribution in [-0.4, -0.2) is 25.2 Å². The summed E-state index contributed by atoms with van der Waals surface area (Å²) in [6.07, 6.45) is 0. The Kier molecular flexibility index (Phi) is 5.60. The van der Waals surface area contributed by atoms with E-state index < -0.39 is 4.92 Å². The van der Waals surface area contributed by atoms with Gasteiger partial charge in [-0.3, -0.25) is 10.1 Å². The molecule has 0 unspecified atom stereocenters. The first kappa shape index (κ1) is 16.1. The number of halogens is 1. The fourth-order valence-corrected chi connectivity index (χ4v) is 2.24. The van der Waals surface area contributed by atoms with E-state index in [1.807, 2.05) is 18.2 Å². The molecule has 0 aromatic heterocycles. The lowest BCUT2D eigenvalue weighted by atomic mass is 10.2. The van der Waals surface area contributed by atoms with E-state index >= 15 is 0 Å². The van der Waals surface area contributed by atoms with Gasteiger partial charge in [0.1, 0.15) is 12.3 Å². The quantitative estimate of drug-likeness (QED) is 0.457. The van der Waals surface area contributed by atoms with E-state index in [9.17, 15) is 10.1 Å². The van der Waals surface area contributed by atoms with Gasteiger partial charge in [0.2, 0.25) is 0 Å². The summed E-state index contributed by atoms with van der Waals surface area (Å²) in [5.74, 6) is 1.29. The first-order chi connectivity index (χ1) is 10.6. The number of ether oxygens (including phenoxy) is 2. The fraction of sp³-hybridized carbons (Fsp3) is 0.200. The number of hydrogen-bond acceptors (Lipinski definition) is 5. The molecule has 22 heavy (non-hydrogen) atoms. The van der Waals surface area contributed by atoms with Crippen molar-refractivity contribution >= 4 is 27.3 Å². The van der Waals surface area contributed by atoms with Gasteiger partial charge in [0.05, 0.1) is 12.0 Å². The second-order valence-electron chi connectivity index (χ2n) is 4.34. The van der Waals surface area contributed by atoms with Crippen LogP contribution in [0.2, 0.25) is 0 Å². The monoisotopic (exact) mass is 366 g/mol. The van der Waals surface area contributed by atoms with Gasteiger partial charge < -0.3 is 14.8 Å². The van der Waals surface area contributed by atoms with Crippen molar-refractivity contribution < 1.29 is 14.4 Å². The molecule has 0 spiro atoms. The first-order valence-electron chi connectivity index (χ1n) is 6.55. The van der Waals surface area contributed by atoms with Crippen molar-refractivity contribution in [1.29, 1.82) is 0 Å². The summed E-state index contributed by atoms with van der Waals surface area (Å²) in [5, 5.41) is 14.0. The van der Waals surface area contributed by atoms with Gasteiger partial charge in [-0.15, -0.1) is 0 Å². The van der Waals surface area contributed by atoms with Gasteiger partial charge in [-0.1, -0.05) is 28.1 Å². The van der Waals surface area contributed by atoms with Crippen LogP contribution in [0.25, 0.3) is 0 Å². The number of nitrogens with zero attached hydrogens (tertiary/aromatic N) is 1. The lowest BCUT2D eigenvalue weighted by Crippen LogP contribution is -2.12. The second-order valence-corrected chi connectivity index (χ2v) is 5.26. The zero-order valence-electron chi connectivity index (χ0n) is 11.9. The van der Waals surface area contributed by atoms with Gasteiger partial charge >= 0.3 is 0 Å². The SMILES string of the molecule is COc1ccccc1OCCNc1ccc(Br)cc1[N+](=O)[O-]. The summed E-state index contributed by atoms with van der Waals surface area (Å²) in [4.78, 5) is 10.6. The molecule has 2 aromatic carbocycles. The standard InChI is InChI=1S/C15H15BrN2O4/c1-21-14-4-2-3-5-15(14)22-9-8-17-12-7-6-11(16)10-13(12)18(19)20/h2-7,10,17H,8-9H2,1H3. The highest BCUT2D eigenvalue weighted by Gasteiger charge is 2.13. The van der Waals surface area contributed by atoms with Crippen molar-refractivity contribution in [2.75, 3.05) is 25.6 Å². The minimum absolute atomic E-state index is 0.0201. The molecule has 2 aromatic rings. The molecule has 1 N–H and O–H groups in total. The summed E-state index contributed by atoms with van der Waals surface area (Å²) in [5.41, 5.74) is 0.475. The Morgan fingerprint density at radius 1 is 1.23 bits per heavy atom. The van der Waals surface area contributed by atoms with Crippen molar-refractivity contribution in [3.8, 4) is 11.5 Å². The number of benzene rings is 2. The molecule has 0 fully saturated rings. The number of hydrogen-bond donors (Lipinski definition) is 1. The molecule has 0 radical (unpaired) electrons. The minimum atomic E-state index is -0.422. The molecule has 116 valence electrons. The fourth-order valence-electron chi connectivity index (χ4n) is 1.89. The lowest BCUT2D eigenvalue weighted by Gasteiger charge is -2.11. The highest BCUT2D eigenvalue weighted by Crippen LogP contribution is 2.28. The molecular weight excluding hydrogens is 352 g/mol. The average molecular weight is 367 g/mol. The number of rotatable bonds is 7. The van der Waals surface area contributed by atoms with E-state index in [2.05, 4.69) is 21.2 Å². The molecule has 0 heterocycles. The highest BCUT2D eigenvalue weighted by atomic mass is 79.9. The van der Waals surface area contributed by atoms with Gasteiger partial charge in [-0.2, -0.15) is 0 Å². The van der Waals surface area contributed by atoms with E-state index in [1.54, 1.807) is 25.3 Å². The number of anilines is 1. The number of nitro groups is 1. The maximum Gasteiger partial charge on any atom is 0.293 e. The Morgan fingerprint density at radius 2 is 1.95 bits per heavy atom. The first-order valence-corrected chi connectivity index (χ1v) is 7.34. The van der Waals surface area contributed by atoms with Crippen LogP contribution in [0.1, 0.15) is 0 Å². The largest absolute Gasteiger partial charge is 0.493 e. The van der Waals surface area contributed by atoms with Gasteiger partial charge in [0.25, 0.3) is 5.69 Å². The van der Waals surface area contributed by atoms with Crippen molar-refractivity contribution in [3.63, 3.8) is 0 Å². The van der Waals surface area contributed by atoms with Crippen LogP contribution in [0.3, 0.4) is 0 Å². The number of methoxy groups -OCH3 is 1. The smallest absolute Gasteiger partial charge is 0.293 e. The molecular formula is C15H15BrN2O4. The Bertz CT molecular complexity index is 664. The van der Waals surface area contributed by atoms with Crippen LogP contribution < -0.4 is 14.8 Å². The third-order valence-electron chi connectivity index (χ3n) is 2.90. The molecule has 0 amide bonds. The van der Waals surface area contributed by atoms with Crippen molar-refractivity contribution in [2.24, 2.45) is 0 Å². The predicted molar refractivity (Wildman–Crippen MR) is 87.8 cm³/mol. The minimum Gasteiger partial charge on any atom is -0.493 e. The lowest BCUT2D eigenvalue weighted by molar-refractivity contribution is -0.384. The van der Waals surface area contributed by atoms with Crippen LogP contribution in [0.15, 0.2) is 46.9 Å². The molecule has 0 aliphatic rings. The highest BCUT2D eigenvalue weighted by molar-refractivity contribution is 9.10. The predicted octanol–water partition coefficient (Wildman–Crippen LogP) is 3.86. The van der Waals surface area contributed by atoms with E-state index in [0.29, 0.717) is 34.8 Å². The number of nitrogens with one attached hydrogen (secondary N) is 1. The van der Waals surface area contributed by atoms with Gasteiger partial charge in [-0.25, -0.2) is 0 Å². The molecule has 0 aliphatic heterocycles. The normalized spacial score (nSPS) is 10.1. The number of nitro benzene ring substituents is 1. The molecule has 7 heteroatoms. The van der Waals surface area contributed by atoms with E-state index in [4.69, 9.17) is 9.47 Å². The molecule has 0 bridgehead atoms. The maximum absolute atomic E-state index is 11.0. The summed E-state index contributed by atoms with van der Waals surface area (Å²) in [7, 11) is 1.58. The molecule has 2 rings (SSSR count). The van der Waals surface area contributed by atoms with Gasteiger partial charge in [0.15, 0.2) is 11.5 Å².